The summed E-state index contributed by atoms with van der Waals surface area (Å²) in [5.74, 6) is 0.718. The Bertz CT molecular complexity index is 1120. The normalized spacial score (nSPS) is 16.2. The number of anilines is 2. The Morgan fingerprint density at radius 2 is 1.68 bits per heavy atom. The minimum absolute atomic E-state index is 0.341. The molecule has 0 spiro atoms. The predicted molar refractivity (Wildman–Crippen MR) is 144 cm³/mol. The molecule has 1 N–H and O–H groups in total. The molecule has 2 aliphatic rings. The molecule has 0 aliphatic carbocycles. The summed E-state index contributed by atoms with van der Waals surface area (Å²) >= 11 is 0. The minimum Gasteiger partial charge on any atom is -0.471 e. The maximum absolute atomic E-state index is 10.7. The molecule has 0 saturated carbocycles. The first kappa shape index (κ1) is 28.0. The lowest BCUT2D eigenvalue weighted by Crippen LogP contribution is -2.37. The second-order valence-corrected chi connectivity index (χ2v) is 8.50. The zero-order valence-electron chi connectivity index (χ0n) is 22.1. The van der Waals surface area contributed by atoms with Gasteiger partial charge in [-0.15, -0.1) is 0 Å². The van der Waals surface area contributed by atoms with E-state index in [1.165, 1.54) is 7.11 Å². The van der Waals surface area contributed by atoms with E-state index in [-0.39, 0.29) is 0 Å². The summed E-state index contributed by atoms with van der Waals surface area (Å²) in [7, 11) is 3.48. The van der Waals surface area contributed by atoms with Crippen LogP contribution in [0.25, 0.3) is 22.3 Å². The average Bonchev–Trinajstić information content (AvgIpc) is 3.39. The van der Waals surface area contributed by atoms with Crippen LogP contribution < -0.4 is 10.2 Å². The van der Waals surface area contributed by atoms with Crippen molar-refractivity contribution < 1.29 is 19.1 Å². The molecule has 0 radical (unpaired) electrons. The van der Waals surface area contributed by atoms with Gasteiger partial charge in [-0.05, 0) is 45.1 Å². The van der Waals surface area contributed by atoms with Gasteiger partial charge in [-0.3, -0.25) is 9.59 Å². The number of piperidine rings is 1. The monoisotopic (exact) mass is 511 g/mol. The second-order valence-electron chi connectivity index (χ2n) is 8.50. The Hall–Kier alpha value is -3.57. The third-order valence-corrected chi connectivity index (χ3v) is 6.25. The number of nitrogens with zero attached hydrogens (tertiary/aromatic N) is 6. The Balaban J connectivity index is 0.000000580. The third-order valence-electron chi connectivity index (χ3n) is 6.25. The van der Waals surface area contributed by atoms with Gasteiger partial charge in [-0.2, -0.15) is 10.1 Å². The van der Waals surface area contributed by atoms with Crippen molar-refractivity contribution in [2.24, 2.45) is 0 Å². The molecule has 11 nitrogen and oxygen atoms in total. The molecule has 4 heterocycles. The molecule has 2 saturated heterocycles. The SMILES string of the molecule is CC.CN1CCC(n2ncc3c(-c4ccc(NC=O)cc4)nc(N4CCOCC4)nc32)CC1.COC=O. The molecule has 1 amide bonds. The Labute approximate surface area is 217 Å². The highest BCUT2D eigenvalue weighted by Gasteiger charge is 2.24. The number of hydrogen-bond acceptors (Lipinski definition) is 9. The maximum Gasteiger partial charge on any atom is 0.292 e. The fourth-order valence-electron chi connectivity index (χ4n) is 4.34. The van der Waals surface area contributed by atoms with Gasteiger partial charge in [0.1, 0.15) is 0 Å². The zero-order chi connectivity index (χ0) is 26.6. The molecule has 1 aromatic carbocycles. The lowest BCUT2D eigenvalue weighted by molar-refractivity contribution is -0.126. The van der Waals surface area contributed by atoms with Crippen LogP contribution in [0.15, 0.2) is 30.5 Å². The molecule has 11 heteroatoms. The molecule has 0 bridgehead atoms. The summed E-state index contributed by atoms with van der Waals surface area (Å²) in [6, 6.07) is 8.06. The van der Waals surface area contributed by atoms with Crippen LogP contribution in [0.2, 0.25) is 0 Å². The van der Waals surface area contributed by atoms with Gasteiger partial charge in [0.2, 0.25) is 12.4 Å². The van der Waals surface area contributed by atoms with Crippen molar-refractivity contribution >= 4 is 35.6 Å². The number of ether oxygens (including phenoxy) is 2. The lowest BCUT2D eigenvalue weighted by Gasteiger charge is -2.30. The summed E-state index contributed by atoms with van der Waals surface area (Å²) in [6.45, 7) is 9.40. The van der Waals surface area contributed by atoms with Gasteiger partial charge in [-0.1, -0.05) is 26.0 Å². The van der Waals surface area contributed by atoms with Crippen LogP contribution >= 0.6 is 0 Å². The number of fused-ring (bicyclic) bond motifs is 1. The molecule has 2 aromatic heterocycles. The van der Waals surface area contributed by atoms with Crippen LogP contribution in [-0.4, -0.2) is 91.1 Å². The highest BCUT2D eigenvalue weighted by atomic mass is 16.5. The Morgan fingerprint density at radius 1 is 1.03 bits per heavy atom. The first-order chi connectivity index (χ1) is 18.1. The van der Waals surface area contributed by atoms with Crippen LogP contribution in [0, 0.1) is 0 Å². The summed E-state index contributed by atoms with van der Waals surface area (Å²) in [5, 5.41) is 8.39. The quantitative estimate of drug-likeness (QED) is 0.499. The van der Waals surface area contributed by atoms with Crippen molar-refractivity contribution in [2.75, 3.05) is 63.8 Å². The van der Waals surface area contributed by atoms with Gasteiger partial charge in [0, 0.05) is 24.3 Å². The van der Waals surface area contributed by atoms with E-state index in [2.05, 4.69) is 31.6 Å². The molecule has 0 unspecified atom stereocenters. The van der Waals surface area contributed by atoms with Gasteiger partial charge in [-0.25, -0.2) is 9.67 Å². The number of aromatic nitrogens is 4. The molecule has 2 fully saturated rings. The topological polar surface area (TPSA) is 115 Å². The number of amides is 1. The number of likely N-dealkylation sites (tertiary alicyclic amines) is 1. The zero-order valence-corrected chi connectivity index (χ0v) is 22.1. The smallest absolute Gasteiger partial charge is 0.292 e. The van der Waals surface area contributed by atoms with E-state index >= 15 is 0 Å². The van der Waals surface area contributed by atoms with Crippen molar-refractivity contribution in [2.45, 2.75) is 32.7 Å². The number of benzene rings is 1. The molecule has 2 aliphatic heterocycles. The first-order valence-electron chi connectivity index (χ1n) is 12.7. The summed E-state index contributed by atoms with van der Waals surface area (Å²) in [6.07, 6.45) is 4.70. The Morgan fingerprint density at radius 3 is 2.27 bits per heavy atom. The number of methoxy groups -OCH3 is 1. The molecule has 0 atom stereocenters. The van der Waals surface area contributed by atoms with Crippen molar-refractivity contribution in [3.63, 3.8) is 0 Å². The Kier molecular flexibility index (Phi) is 10.8. The third kappa shape index (κ3) is 7.01. The molecule has 200 valence electrons. The number of rotatable bonds is 6. The minimum atomic E-state index is 0.341. The van der Waals surface area contributed by atoms with Crippen molar-refractivity contribution in [3.8, 4) is 11.3 Å². The second kappa shape index (κ2) is 14.2. The molecule has 3 aromatic rings. The van der Waals surface area contributed by atoms with E-state index in [0.717, 1.165) is 72.9 Å². The summed E-state index contributed by atoms with van der Waals surface area (Å²) in [4.78, 5) is 34.1. The van der Waals surface area contributed by atoms with Gasteiger partial charge < -0.3 is 24.6 Å². The number of carbonyl (C=O) groups is 2. The van der Waals surface area contributed by atoms with E-state index in [1.54, 1.807) is 0 Å². The predicted octanol–water partition coefficient (Wildman–Crippen LogP) is 2.98. The number of carbonyl (C=O) groups excluding carboxylic acids is 2. The molecular weight excluding hydrogens is 474 g/mol. The van der Waals surface area contributed by atoms with Crippen molar-refractivity contribution in [3.05, 3.63) is 30.5 Å². The van der Waals surface area contributed by atoms with Crippen LogP contribution in [0.5, 0.6) is 0 Å². The van der Waals surface area contributed by atoms with E-state index in [1.807, 2.05) is 44.3 Å². The number of morpholine rings is 1. The molecular formula is C26H37N7O4. The standard InChI is InChI=1S/C22H27N7O2.C2H4O2.C2H6/c1-27-8-6-18(7-9-27)29-21-19(14-24-29)20(16-2-4-17(5-3-16)23-15-30)25-22(26-21)28-10-12-31-13-11-28;1-4-2-3;1-2/h2-5,14-15,18H,6-13H2,1H3,(H,23,30);2H,1H3;1-2H3. The van der Waals surface area contributed by atoms with Crippen LogP contribution in [0.1, 0.15) is 32.7 Å². The molecule has 5 rings (SSSR count). The van der Waals surface area contributed by atoms with Gasteiger partial charge >= 0.3 is 0 Å². The maximum atomic E-state index is 10.7. The fraction of sp³-hybridized carbons (Fsp3) is 0.500. The number of hydrogen-bond donors (Lipinski definition) is 1. The van der Waals surface area contributed by atoms with E-state index in [4.69, 9.17) is 24.6 Å². The first-order valence-corrected chi connectivity index (χ1v) is 12.7. The van der Waals surface area contributed by atoms with Crippen LogP contribution in [0.4, 0.5) is 11.6 Å². The van der Waals surface area contributed by atoms with Crippen molar-refractivity contribution in [1.82, 2.24) is 24.6 Å². The fourth-order valence-corrected chi connectivity index (χ4v) is 4.34. The van der Waals surface area contributed by atoms with Gasteiger partial charge in [0.15, 0.2) is 5.65 Å². The van der Waals surface area contributed by atoms with Crippen molar-refractivity contribution in [1.29, 1.82) is 0 Å². The van der Waals surface area contributed by atoms with Gasteiger partial charge in [0.05, 0.1) is 43.6 Å². The van der Waals surface area contributed by atoms with Crippen LogP contribution in [-0.2, 0) is 19.1 Å². The van der Waals surface area contributed by atoms with Gasteiger partial charge in [0.25, 0.3) is 6.47 Å². The van der Waals surface area contributed by atoms with E-state index in [0.29, 0.717) is 32.1 Å². The number of nitrogens with one attached hydrogen (secondary N) is 1. The lowest BCUT2D eigenvalue weighted by atomic mass is 10.1. The summed E-state index contributed by atoms with van der Waals surface area (Å²) in [5.41, 5.74) is 3.47. The molecule has 37 heavy (non-hydrogen) atoms. The largest absolute Gasteiger partial charge is 0.471 e. The highest BCUT2D eigenvalue weighted by Crippen LogP contribution is 2.32. The highest BCUT2D eigenvalue weighted by molar-refractivity contribution is 5.91. The summed E-state index contributed by atoms with van der Waals surface area (Å²) < 4.78 is 11.5. The van der Waals surface area contributed by atoms with E-state index in [9.17, 15) is 4.79 Å². The van der Waals surface area contributed by atoms with E-state index < -0.39 is 0 Å². The van der Waals surface area contributed by atoms with Crippen LogP contribution in [0.3, 0.4) is 0 Å². The average molecular weight is 512 g/mol.